The molecule has 5 atom stereocenters. The third kappa shape index (κ3) is 2.13. The molecular formula is C16H21N3O. The number of nitrogens with zero attached hydrogens (tertiary/aromatic N) is 1. The predicted octanol–water partition coefficient (Wildman–Crippen LogP) is 1.92. The summed E-state index contributed by atoms with van der Waals surface area (Å²) in [6.45, 7) is 2.09. The molecule has 3 aliphatic rings. The van der Waals surface area contributed by atoms with Crippen molar-refractivity contribution in [2.75, 3.05) is 13.1 Å². The first kappa shape index (κ1) is 12.4. The van der Waals surface area contributed by atoms with Crippen LogP contribution in [-0.2, 0) is 0 Å². The fourth-order valence-corrected chi connectivity index (χ4v) is 3.83. The van der Waals surface area contributed by atoms with Gasteiger partial charge in [0, 0.05) is 36.6 Å². The van der Waals surface area contributed by atoms with Crippen LogP contribution >= 0.6 is 0 Å². The zero-order chi connectivity index (χ0) is 13.4. The van der Waals surface area contributed by atoms with Gasteiger partial charge in [-0.1, -0.05) is 12.2 Å². The highest BCUT2D eigenvalue weighted by molar-refractivity contribution is 5.64. The van der Waals surface area contributed by atoms with Crippen LogP contribution in [0.3, 0.4) is 0 Å². The van der Waals surface area contributed by atoms with Crippen LogP contribution < -0.4 is 10.6 Å². The molecule has 1 fully saturated rings. The third-order valence-corrected chi connectivity index (χ3v) is 4.92. The molecule has 1 saturated heterocycles. The standard InChI is InChI=1S/C16H21N3O/c1-2-5-17-15(3-1)12-7-13-14(11-4-6-20-10-11)9-19-16(13)18-8-12/h1,3-4,6,8,10,12-17,19H,2,5,7,9H2. The van der Waals surface area contributed by atoms with Gasteiger partial charge in [0.25, 0.3) is 0 Å². The predicted molar refractivity (Wildman–Crippen MR) is 78.9 cm³/mol. The molecule has 1 aromatic heterocycles. The Kier molecular flexibility index (Phi) is 3.20. The van der Waals surface area contributed by atoms with Crippen LogP contribution in [0.1, 0.15) is 24.3 Å². The largest absolute Gasteiger partial charge is 0.472 e. The van der Waals surface area contributed by atoms with Crippen molar-refractivity contribution in [3.8, 4) is 0 Å². The molecular weight excluding hydrogens is 250 g/mol. The fourth-order valence-electron chi connectivity index (χ4n) is 3.83. The molecule has 3 aliphatic heterocycles. The summed E-state index contributed by atoms with van der Waals surface area (Å²) in [6, 6.07) is 2.56. The highest BCUT2D eigenvalue weighted by Crippen LogP contribution is 2.39. The molecule has 4 heteroatoms. The van der Waals surface area contributed by atoms with E-state index in [2.05, 4.69) is 35.1 Å². The second kappa shape index (κ2) is 5.19. The average molecular weight is 271 g/mol. The normalized spacial score (nSPS) is 39.9. The summed E-state index contributed by atoms with van der Waals surface area (Å²) in [7, 11) is 0. The number of hydrogen-bond acceptors (Lipinski definition) is 4. The van der Waals surface area contributed by atoms with E-state index in [0.717, 1.165) is 19.5 Å². The van der Waals surface area contributed by atoms with Gasteiger partial charge in [0.05, 0.1) is 12.5 Å². The summed E-state index contributed by atoms with van der Waals surface area (Å²) >= 11 is 0. The van der Waals surface area contributed by atoms with Crippen LogP contribution in [0.4, 0.5) is 0 Å². The summed E-state index contributed by atoms with van der Waals surface area (Å²) in [5.41, 5.74) is 1.31. The Hall–Kier alpha value is -1.39. The van der Waals surface area contributed by atoms with Crippen LogP contribution in [0.5, 0.6) is 0 Å². The second-order valence-corrected chi connectivity index (χ2v) is 6.07. The minimum Gasteiger partial charge on any atom is -0.472 e. The molecule has 0 bridgehead atoms. The monoisotopic (exact) mass is 271 g/mol. The number of nitrogens with one attached hydrogen (secondary N) is 2. The maximum Gasteiger partial charge on any atom is 0.103 e. The van der Waals surface area contributed by atoms with Crippen molar-refractivity contribution in [3.05, 3.63) is 36.3 Å². The van der Waals surface area contributed by atoms with Gasteiger partial charge in [0.2, 0.25) is 0 Å². The number of hydrogen-bond donors (Lipinski definition) is 2. The van der Waals surface area contributed by atoms with Crippen LogP contribution in [0.15, 0.2) is 40.2 Å². The lowest BCUT2D eigenvalue weighted by Gasteiger charge is -2.33. The zero-order valence-electron chi connectivity index (χ0n) is 11.5. The Morgan fingerprint density at radius 2 is 2.30 bits per heavy atom. The molecule has 0 spiro atoms. The fraction of sp³-hybridized carbons (Fsp3) is 0.562. The van der Waals surface area contributed by atoms with E-state index in [0.29, 0.717) is 30.0 Å². The van der Waals surface area contributed by atoms with Gasteiger partial charge in [-0.2, -0.15) is 0 Å². The van der Waals surface area contributed by atoms with Crippen molar-refractivity contribution in [3.63, 3.8) is 0 Å². The molecule has 4 rings (SSSR count). The molecule has 0 radical (unpaired) electrons. The van der Waals surface area contributed by atoms with Gasteiger partial charge < -0.3 is 9.73 Å². The molecule has 4 nitrogen and oxygen atoms in total. The van der Waals surface area contributed by atoms with Crippen LogP contribution in [0.2, 0.25) is 0 Å². The Morgan fingerprint density at radius 3 is 3.10 bits per heavy atom. The van der Waals surface area contributed by atoms with Crippen molar-refractivity contribution < 1.29 is 4.42 Å². The highest BCUT2D eigenvalue weighted by Gasteiger charge is 2.41. The minimum atomic E-state index is 0.290. The quantitative estimate of drug-likeness (QED) is 0.808. The Labute approximate surface area is 119 Å². The van der Waals surface area contributed by atoms with Crippen molar-refractivity contribution in [2.24, 2.45) is 16.8 Å². The van der Waals surface area contributed by atoms with E-state index in [9.17, 15) is 0 Å². The van der Waals surface area contributed by atoms with Crippen LogP contribution in [0, 0.1) is 11.8 Å². The van der Waals surface area contributed by atoms with Gasteiger partial charge in [-0.3, -0.25) is 10.3 Å². The average Bonchev–Trinajstić information content (AvgIpc) is 3.16. The van der Waals surface area contributed by atoms with Gasteiger partial charge in [-0.25, -0.2) is 0 Å². The smallest absolute Gasteiger partial charge is 0.103 e. The molecule has 106 valence electrons. The first-order valence-corrected chi connectivity index (χ1v) is 7.60. The molecule has 5 unspecified atom stereocenters. The molecule has 4 heterocycles. The van der Waals surface area contributed by atoms with Crippen molar-refractivity contribution in [2.45, 2.75) is 31.0 Å². The SMILES string of the molecule is C1=CC(C2C=NC3NCC(c4ccoc4)C3C2)NCC1. The first-order chi connectivity index (χ1) is 9.92. The lowest BCUT2D eigenvalue weighted by Crippen LogP contribution is -2.42. The zero-order valence-corrected chi connectivity index (χ0v) is 11.5. The summed E-state index contributed by atoms with van der Waals surface area (Å²) < 4.78 is 5.26. The molecule has 20 heavy (non-hydrogen) atoms. The number of furan rings is 1. The lowest BCUT2D eigenvalue weighted by molar-refractivity contribution is 0.317. The van der Waals surface area contributed by atoms with E-state index in [-0.39, 0.29) is 0 Å². The topological polar surface area (TPSA) is 49.6 Å². The number of fused-ring (bicyclic) bond motifs is 1. The maximum atomic E-state index is 5.26. The summed E-state index contributed by atoms with van der Waals surface area (Å²) in [4.78, 5) is 4.77. The Bertz CT molecular complexity index is 508. The Balaban J connectivity index is 1.53. The van der Waals surface area contributed by atoms with E-state index >= 15 is 0 Å². The van der Waals surface area contributed by atoms with Crippen LogP contribution in [-0.4, -0.2) is 31.5 Å². The van der Waals surface area contributed by atoms with E-state index in [1.165, 1.54) is 12.0 Å². The summed E-state index contributed by atoms with van der Waals surface area (Å²) in [5, 5.41) is 7.14. The second-order valence-electron chi connectivity index (χ2n) is 6.07. The third-order valence-electron chi connectivity index (χ3n) is 4.92. The molecule has 0 saturated carbocycles. The van der Waals surface area contributed by atoms with Gasteiger partial charge in [-0.15, -0.1) is 0 Å². The van der Waals surface area contributed by atoms with Gasteiger partial charge in [-0.05, 0) is 31.0 Å². The molecule has 0 amide bonds. The van der Waals surface area contributed by atoms with Gasteiger partial charge in [0.15, 0.2) is 0 Å². The molecule has 1 aromatic rings. The Morgan fingerprint density at radius 1 is 1.30 bits per heavy atom. The lowest BCUT2D eigenvalue weighted by atomic mass is 9.78. The minimum absolute atomic E-state index is 0.290. The summed E-state index contributed by atoms with van der Waals surface area (Å²) in [5.74, 6) is 1.63. The maximum absolute atomic E-state index is 5.26. The molecule has 2 N–H and O–H groups in total. The van der Waals surface area contributed by atoms with E-state index in [1.54, 1.807) is 6.26 Å². The van der Waals surface area contributed by atoms with Crippen molar-refractivity contribution in [1.29, 1.82) is 0 Å². The van der Waals surface area contributed by atoms with Gasteiger partial charge in [0.1, 0.15) is 6.17 Å². The van der Waals surface area contributed by atoms with Crippen LogP contribution in [0.25, 0.3) is 0 Å². The van der Waals surface area contributed by atoms with Gasteiger partial charge >= 0.3 is 0 Å². The first-order valence-electron chi connectivity index (χ1n) is 7.60. The van der Waals surface area contributed by atoms with E-state index in [4.69, 9.17) is 9.41 Å². The van der Waals surface area contributed by atoms with E-state index < -0.39 is 0 Å². The highest BCUT2D eigenvalue weighted by atomic mass is 16.3. The molecule has 0 aliphatic carbocycles. The number of rotatable bonds is 2. The number of aliphatic imine (C=N–C) groups is 1. The van der Waals surface area contributed by atoms with Crippen molar-refractivity contribution in [1.82, 2.24) is 10.6 Å². The van der Waals surface area contributed by atoms with E-state index in [1.807, 2.05) is 6.26 Å². The molecule has 0 aromatic carbocycles. The van der Waals surface area contributed by atoms with Crippen molar-refractivity contribution >= 4 is 6.21 Å². The summed E-state index contributed by atoms with van der Waals surface area (Å²) in [6.07, 6.45) is 13.1.